The van der Waals surface area contributed by atoms with Crippen molar-refractivity contribution in [2.75, 3.05) is 17.7 Å². The van der Waals surface area contributed by atoms with E-state index < -0.39 is 17.7 Å². The summed E-state index contributed by atoms with van der Waals surface area (Å²) in [4.78, 5) is 35.8. The van der Waals surface area contributed by atoms with Gasteiger partial charge in [-0.15, -0.1) is 0 Å². The first kappa shape index (κ1) is 20.3. The first-order chi connectivity index (χ1) is 12.6. The average molecular weight is 376 g/mol. The predicted octanol–water partition coefficient (Wildman–Crippen LogP) is 2.81. The number of anilines is 2. The second kappa shape index (κ2) is 8.11. The highest BCUT2D eigenvalue weighted by Crippen LogP contribution is 2.29. The van der Waals surface area contributed by atoms with Crippen LogP contribution in [0.4, 0.5) is 11.4 Å². The third-order valence-corrected chi connectivity index (χ3v) is 3.57. The molecular weight excluding hydrogens is 352 g/mol. The van der Waals surface area contributed by atoms with Crippen molar-refractivity contribution >= 4 is 29.2 Å². The minimum atomic E-state index is -1.29. The van der Waals surface area contributed by atoms with Crippen LogP contribution in [-0.4, -0.2) is 30.7 Å². The molecular formula is C19H24N2O6. The fraction of sp³-hybridized carbons (Fsp3) is 0.421. The zero-order valence-electron chi connectivity index (χ0n) is 16.0. The zero-order chi connectivity index (χ0) is 20.2. The molecule has 1 aliphatic heterocycles. The number of hydrogen-bond donors (Lipinski definition) is 2. The van der Waals surface area contributed by atoms with E-state index >= 15 is 0 Å². The third-order valence-electron chi connectivity index (χ3n) is 3.57. The van der Waals surface area contributed by atoms with Gasteiger partial charge < -0.3 is 24.8 Å². The first-order valence-corrected chi connectivity index (χ1v) is 8.52. The van der Waals surface area contributed by atoms with Crippen LogP contribution in [0.15, 0.2) is 30.0 Å². The predicted molar refractivity (Wildman–Crippen MR) is 99.0 cm³/mol. The maximum atomic E-state index is 11.9. The molecule has 146 valence electrons. The fourth-order valence-electron chi connectivity index (χ4n) is 2.39. The van der Waals surface area contributed by atoms with Crippen LogP contribution in [0.5, 0.6) is 5.75 Å². The topological polar surface area (TPSA) is 103 Å². The molecule has 1 aliphatic rings. The van der Waals surface area contributed by atoms with Gasteiger partial charge in [0.25, 0.3) is 5.79 Å². The van der Waals surface area contributed by atoms with Crippen LogP contribution in [0.2, 0.25) is 0 Å². The summed E-state index contributed by atoms with van der Waals surface area (Å²) >= 11 is 0. The van der Waals surface area contributed by atoms with Gasteiger partial charge in [0.15, 0.2) is 5.57 Å². The number of carbonyl (C=O) groups excluding carboxylic acids is 3. The Morgan fingerprint density at radius 1 is 1.22 bits per heavy atom. The molecule has 0 aromatic heterocycles. The van der Waals surface area contributed by atoms with Crippen LogP contribution in [-0.2, 0) is 23.9 Å². The van der Waals surface area contributed by atoms with Gasteiger partial charge in [-0.1, -0.05) is 13.8 Å². The number of esters is 2. The van der Waals surface area contributed by atoms with Crippen LogP contribution in [0.1, 0.15) is 34.1 Å². The maximum absolute atomic E-state index is 11.9. The molecule has 1 saturated heterocycles. The minimum Gasteiger partial charge on any atom is -0.494 e. The van der Waals surface area contributed by atoms with Gasteiger partial charge in [-0.3, -0.25) is 4.79 Å². The maximum Gasteiger partial charge on any atom is 0.350 e. The Labute approximate surface area is 157 Å². The number of hydrogen-bond acceptors (Lipinski definition) is 7. The van der Waals surface area contributed by atoms with Crippen molar-refractivity contribution in [3.63, 3.8) is 0 Å². The van der Waals surface area contributed by atoms with E-state index in [1.54, 1.807) is 18.2 Å². The van der Waals surface area contributed by atoms with Gasteiger partial charge in [0.05, 0.1) is 12.8 Å². The van der Waals surface area contributed by atoms with Crippen LogP contribution in [0.25, 0.3) is 0 Å². The van der Waals surface area contributed by atoms with E-state index in [1.807, 2.05) is 13.8 Å². The number of cyclic esters (lactones) is 2. The Balaban J connectivity index is 2.13. The quantitative estimate of drug-likeness (QED) is 0.447. The molecule has 0 aliphatic carbocycles. The van der Waals surface area contributed by atoms with Crippen molar-refractivity contribution in [1.82, 2.24) is 0 Å². The molecule has 1 heterocycles. The van der Waals surface area contributed by atoms with E-state index in [2.05, 4.69) is 10.6 Å². The molecule has 0 unspecified atom stereocenters. The van der Waals surface area contributed by atoms with Crippen molar-refractivity contribution in [3.05, 3.63) is 30.0 Å². The molecule has 2 N–H and O–H groups in total. The van der Waals surface area contributed by atoms with Crippen molar-refractivity contribution in [2.45, 2.75) is 39.9 Å². The molecule has 1 aromatic rings. The third kappa shape index (κ3) is 5.47. The normalized spacial score (nSPS) is 15.7. The summed E-state index contributed by atoms with van der Waals surface area (Å²) < 4.78 is 15.3. The number of ether oxygens (including phenoxy) is 3. The molecule has 0 spiro atoms. The number of nitrogens with one attached hydrogen (secondary N) is 2. The standard InChI is InChI=1S/C19H24N2O6/c1-11(2)8-16(22)21-14-7-6-12(9-15(14)25-5)20-10-13-17(23)26-19(3,4)27-18(13)24/h6-7,9-11,20H,8H2,1-5H3,(H,21,22). The molecule has 0 bridgehead atoms. The molecule has 27 heavy (non-hydrogen) atoms. The summed E-state index contributed by atoms with van der Waals surface area (Å²) in [6.45, 7) is 6.87. The van der Waals surface area contributed by atoms with E-state index in [4.69, 9.17) is 14.2 Å². The average Bonchev–Trinajstić information content (AvgIpc) is 2.53. The Morgan fingerprint density at radius 3 is 2.41 bits per heavy atom. The molecule has 0 atom stereocenters. The van der Waals surface area contributed by atoms with Gasteiger partial charge in [0.2, 0.25) is 5.91 Å². The van der Waals surface area contributed by atoms with Crippen LogP contribution >= 0.6 is 0 Å². The summed E-state index contributed by atoms with van der Waals surface area (Å²) in [6, 6.07) is 4.97. The molecule has 2 rings (SSSR count). The SMILES string of the molecule is COc1cc(NC=C2C(=O)OC(C)(C)OC2=O)ccc1NC(=O)CC(C)C. The van der Waals surface area contributed by atoms with Crippen molar-refractivity contribution in [3.8, 4) is 5.75 Å². The lowest BCUT2D eigenvalue weighted by atomic mass is 10.1. The van der Waals surface area contributed by atoms with E-state index in [0.717, 1.165) is 0 Å². The number of carbonyl (C=O) groups is 3. The van der Waals surface area contributed by atoms with Gasteiger partial charge in [-0.05, 0) is 18.1 Å². The lowest BCUT2D eigenvalue weighted by Gasteiger charge is -2.29. The van der Waals surface area contributed by atoms with Gasteiger partial charge in [0, 0.05) is 38.2 Å². The highest BCUT2D eigenvalue weighted by molar-refractivity contribution is 6.15. The van der Waals surface area contributed by atoms with Gasteiger partial charge in [-0.25, -0.2) is 9.59 Å². The summed E-state index contributed by atoms with van der Waals surface area (Å²) in [5, 5.41) is 5.63. The highest BCUT2D eigenvalue weighted by Gasteiger charge is 2.38. The Kier molecular flexibility index (Phi) is 6.09. The molecule has 0 radical (unpaired) electrons. The Bertz CT molecular complexity index is 760. The smallest absolute Gasteiger partial charge is 0.350 e. The van der Waals surface area contributed by atoms with Gasteiger partial charge in [-0.2, -0.15) is 0 Å². The number of rotatable bonds is 6. The van der Waals surface area contributed by atoms with E-state index in [-0.39, 0.29) is 17.4 Å². The summed E-state index contributed by atoms with van der Waals surface area (Å²) in [5.41, 5.74) is 0.828. The Morgan fingerprint density at radius 2 is 1.85 bits per heavy atom. The lowest BCUT2D eigenvalue weighted by molar-refractivity contribution is -0.222. The lowest BCUT2D eigenvalue weighted by Crippen LogP contribution is -2.42. The van der Waals surface area contributed by atoms with E-state index in [0.29, 0.717) is 23.5 Å². The van der Waals surface area contributed by atoms with Crippen molar-refractivity contribution in [1.29, 1.82) is 0 Å². The fourth-order valence-corrected chi connectivity index (χ4v) is 2.39. The monoisotopic (exact) mass is 376 g/mol. The van der Waals surface area contributed by atoms with E-state index in [9.17, 15) is 14.4 Å². The molecule has 1 aromatic carbocycles. The number of methoxy groups -OCH3 is 1. The molecule has 1 amide bonds. The highest BCUT2D eigenvalue weighted by atomic mass is 16.7. The second-order valence-corrected chi connectivity index (χ2v) is 6.94. The molecule has 0 saturated carbocycles. The van der Waals surface area contributed by atoms with Crippen LogP contribution in [0.3, 0.4) is 0 Å². The summed E-state index contributed by atoms with van der Waals surface area (Å²) in [6.07, 6.45) is 1.61. The zero-order valence-corrected chi connectivity index (χ0v) is 16.0. The molecule has 8 nitrogen and oxygen atoms in total. The van der Waals surface area contributed by atoms with Gasteiger partial charge >= 0.3 is 11.9 Å². The minimum absolute atomic E-state index is 0.110. The molecule has 8 heteroatoms. The van der Waals surface area contributed by atoms with Crippen molar-refractivity contribution in [2.24, 2.45) is 5.92 Å². The Hall–Kier alpha value is -3.03. The number of amides is 1. The largest absolute Gasteiger partial charge is 0.494 e. The summed E-state index contributed by atoms with van der Waals surface area (Å²) in [5.74, 6) is -2.26. The number of benzene rings is 1. The van der Waals surface area contributed by atoms with Crippen LogP contribution < -0.4 is 15.4 Å². The van der Waals surface area contributed by atoms with Crippen molar-refractivity contribution < 1.29 is 28.6 Å². The second-order valence-electron chi connectivity index (χ2n) is 6.94. The van der Waals surface area contributed by atoms with E-state index in [1.165, 1.54) is 27.2 Å². The summed E-state index contributed by atoms with van der Waals surface area (Å²) in [7, 11) is 1.48. The van der Waals surface area contributed by atoms with Crippen LogP contribution in [0, 0.1) is 5.92 Å². The molecule has 1 fully saturated rings. The van der Waals surface area contributed by atoms with Gasteiger partial charge in [0.1, 0.15) is 5.75 Å². The first-order valence-electron chi connectivity index (χ1n) is 8.52.